The van der Waals surface area contributed by atoms with Crippen molar-refractivity contribution in [1.29, 1.82) is 0 Å². The number of fused-ring (bicyclic) bond motifs is 1. The van der Waals surface area contributed by atoms with E-state index in [2.05, 4.69) is 20.9 Å². The van der Waals surface area contributed by atoms with Gasteiger partial charge in [0.25, 0.3) is 5.56 Å². The van der Waals surface area contributed by atoms with Crippen LogP contribution in [0.2, 0.25) is 0 Å². The minimum atomic E-state index is -0.0201. The average Bonchev–Trinajstić information content (AvgIpc) is 2.15. The summed E-state index contributed by atoms with van der Waals surface area (Å²) in [5.41, 5.74) is 2.76. The number of rotatable bonds is 0. The SMILES string of the molecule is Cc1ccc2[nH]c(=O)c(C)cc2c1Br. The molecule has 0 aliphatic rings. The quantitative estimate of drug-likeness (QED) is 0.768. The molecule has 14 heavy (non-hydrogen) atoms. The molecule has 0 amide bonds. The predicted octanol–water partition coefficient (Wildman–Crippen LogP) is 2.91. The van der Waals surface area contributed by atoms with E-state index in [4.69, 9.17) is 0 Å². The third kappa shape index (κ3) is 1.38. The van der Waals surface area contributed by atoms with Crippen molar-refractivity contribution in [2.75, 3.05) is 0 Å². The minimum Gasteiger partial charge on any atom is -0.322 e. The molecule has 0 unspecified atom stereocenters. The van der Waals surface area contributed by atoms with Crippen LogP contribution in [0, 0.1) is 13.8 Å². The van der Waals surface area contributed by atoms with E-state index >= 15 is 0 Å². The summed E-state index contributed by atoms with van der Waals surface area (Å²) in [7, 11) is 0. The molecule has 0 saturated carbocycles. The monoisotopic (exact) mass is 251 g/mol. The van der Waals surface area contributed by atoms with Crippen molar-refractivity contribution in [3.63, 3.8) is 0 Å². The van der Waals surface area contributed by atoms with Crippen molar-refractivity contribution >= 4 is 26.8 Å². The Hall–Kier alpha value is -1.09. The van der Waals surface area contributed by atoms with E-state index in [0.717, 1.165) is 20.9 Å². The van der Waals surface area contributed by atoms with Gasteiger partial charge in [0.1, 0.15) is 0 Å². The number of hydrogen-bond acceptors (Lipinski definition) is 1. The summed E-state index contributed by atoms with van der Waals surface area (Å²) in [6, 6.07) is 5.82. The van der Waals surface area contributed by atoms with Crippen molar-refractivity contribution in [2.24, 2.45) is 0 Å². The average molecular weight is 252 g/mol. The van der Waals surface area contributed by atoms with Crippen molar-refractivity contribution in [2.45, 2.75) is 13.8 Å². The highest BCUT2D eigenvalue weighted by atomic mass is 79.9. The van der Waals surface area contributed by atoms with E-state index in [1.165, 1.54) is 5.56 Å². The van der Waals surface area contributed by atoms with Gasteiger partial charge in [-0.2, -0.15) is 0 Å². The van der Waals surface area contributed by atoms with E-state index < -0.39 is 0 Å². The van der Waals surface area contributed by atoms with Crippen LogP contribution in [0.5, 0.6) is 0 Å². The summed E-state index contributed by atoms with van der Waals surface area (Å²) in [5.74, 6) is 0. The maximum absolute atomic E-state index is 11.4. The second kappa shape index (κ2) is 3.24. The molecular weight excluding hydrogens is 242 g/mol. The van der Waals surface area contributed by atoms with Crippen LogP contribution >= 0.6 is 15.9 Å². The fourth-order valence-corrected chi connectivity index (χ4v) is 1.92. The molecule has 0 bridgehead atoms. The third-order valence-electron chi connectivity index (χ3n) is 2.34. The fraction of sp³-hybridized carbons (Fsp3) is 0.182. The summed E-state index contributed by atoms with van der Waals surface area (Å²) >= 11 is 3.52. The van der Waals surface area contributed by atoms with Gasteiger partial charge in [-0.1, -0.05) is 6.07 Å². The van der Waals surface area contributed by atoms with Gasteiger partial charge in [0.2, 0.25) is 0 Å². The lowest BCUT2D eigenvalue weighted by Crippen LogP contribution is -2.08. The number of H-pyrrole nitrogens is 1. The molecule has 0 spiro atoms. The van der Waals surface area contributed by atoms with Gasteiger partial charge in [0.05, 0.1) is 0 Å². The molecule has 0 aliphatic heterocycles. The first-order chi connectivity index (χ1) is 6.59. The lowest BCUT2D eigenvalue weighted by atomic mass is 10.1. The molecule has 2 nitrogen and oxygen atoms in total. The lowest BCUT2D eigenvalue weighted by molar-refractivity contribution is 1.23. The highest BCUT2D eigenvalue weighted by molar-refractivity contribution is 9.10. The van der Waals surface area contributed by atoms with Gasteiger partial charge in [-0.3, -0.25) is 4.79 Å². The van der Waals surface area contributed by atoms with E-state index in [-0.39, 0.29) is 5.56 Å². The molecule has 1 aromatic heterocycles. The molecule has 0 atom stereocenters. The smallest absolute Gasteiger partial charge is 0.251 e. The number of pyridine rings is 1. The van der Waals surface area contributed by atoms with Gasteiger partial charge in [-0.05, 0) is 47.5 Å². The van der Waals surface area contributed by atoms with E-state index in [0.29, 0.717) is 0 Å². The molecule has 0 saturated heterocycles. The van der Waals surface area contributed by atoms with E-state index in [9.17, 15) is 4.79 Å². The fourth-order valence-electron chi connectivity index (χ4n) is 1.45. The van der Waals surface area contributed by atoms with Gasteiger partial charge in [-0.15, -0.1) is 0 Å². The Labute approximate surface area is 90.1 Å². The normalized spacial score (nSPS) is 10.8. The van der Waals surface area contributed by atoms with Crippen LogP contribution in [-0.2, 0) is 0 Å². The minimum absolute atomic E-state index is 0.0201. The number of halogens is 1. The summed E-state index contributed by atoms with van der Waals surface area (Å²) in [6.45, 7) is 3.84. The second-order valence-electron chi connectivity index (χ2n) is 3.44. The number of aromatic amines is 1. The third-order valence-corrected chi connectivity index (χ3v) is 3.39. The van der Waals surface area contributed by atoms with Crippen molar-refractivity contribution in [3.05, 3.63) is 44.2 Å². The molecule has 72 valence electrons. The van der Waals surface area contributed by atoms with Crippen LogP contribution in [0.25, 0.3) is 10.9 Å². The number of benzene rings is 1. The first-order valence-electron chi connectivity index (χ1n) is 4.38. The largest absolute Gasteiger partial charge is 0.322 e. The zero-order valence-corrected chi connectivity index (χ0v) is 9.60. The summed E-state index contributed by atoms with van der Waals surface area (Å²) in [6.07, 6.45) is 0. The highest BCUT2D eigenvalue weighted by Gasteiger charge is 2.03. The van der Waals surface area contributed by atoms with Gasteiger partial charge < -0.3 is 4.98 Å². The van der Waals surface area contributed by atoms with Crippen LogP contribution in [0.3, 0.4) is 0 Å². The molecule has 2 rings (SSSR count). The number of aromatic nitrogens is 1. The predicted molar refractivity (Wildman–Crippen MR) is 61.7 cm³/mol. The van der Waals surface area contributed by atoms with Gasteiger partial charge in [-0.25, -0.2) is 0 Å². The maximum Gasteiger partial charge on any atom is 0.251 e. The molecule has 2 aromatic rings. The molecule has 0 fully saturated rings. The Kier molecular flexibility index (Phi) is 2.19. The molecule has 3 heteroatoms. The summed E-state index contributed by atoms with van der Waals surface area (Å²) in [5, 5.41) is 1.06. The van der Waals surface area contributed by atoms with Gasteiger partial charge in [0, 0.05) is 20.9 Å². The van der Waals surface area contributed by atoms with Crippen LogP contribution in [-0.4, -0.2) is 4.98 Å². The number of hydrogen-bond donors (Lipinski definition) is 1. The first kappa shape index (κ1) is 9.46. The molecule has 1 N–H and O–H groups in total. The highest BCUT2D eigenvalue weighted by Crippen LogP contribution is 2.25. The molecule has 0 radical (unpaired) electrons. The van der Waals surface area contributed by atoms with E-state index in [1.54, 1.807) is 0 Å². The van der Waals surface area contributed by atoms with Gasteiger partial charge >= 0.3 is 0 Å². The number of nitrogens with one attached hydrogen (secondary N) is 1. The Morgan fingerprint density at radius 1 is 1.21 bits per heavy atom. The second-order valence-corrected chi connectivity index (χ2v) is 4.23. The van der Waals surface area contributed by atoms with Crippen molar-refractivity contribution in [3.8, 4) is 0 Å². The van der Waals surface area contributed by atoms with Crippen molar-refractivity contribution < 1.29 is 0 Å². The Morgan fingerprint density at radius 2 is 1.93 bits per heavy atom. The molecule has 0 aliphatic carbocycles. The number of aryl methyl sites for hydroxylation is 2. The summed E-state index contributed by atoms with van der Waals surface area (Å²) < 4.78 is 1.05. The molecular formula is C11H10BrNO. The van der Waals surface area contributed by atoms with E-state index in [1.807, 2.05) is 32.0 Å². The van der Waals surface area contributed by atoms with Crippen LogP contribution < -0.4 is 5.56 Å². The van der Waals surface area contributed by atoms with Gasteiger partial charge in [0.15, 0.2) is 0 Å². The molecule has 1 aromatic carbocycles. The lowest BCUT2D eigenvalue weighted by Gasteiger charge is -2.04. The topological polar surface area (TPSA) is 32.9 Å². The Bertz CT molecular complexity index is 557. The Balaban J connectivity index is 2.97. The van der Waals surface area contributed by atoms with Crippen LogP contribution in [0.1, 0.15) is 11.1 Å². The summed E-state index contributed by atoms with van der Waals surface area (Å²) in [4.78, 5) is 14.2. The standard InChI is InChI=1S/C11H10BrNO/c1-6-3-4-9-8(10(6)12)5-7(2)11(14)13-9/h3-5H,1-2H3,(H,13,14). The zero-order chi connectivity index (χ0) is 10.3. The Morgan fingerprint density at radius 3 is 2.64 bits per heavy atom. The first-order valence-corrected chi connectivity index (χ1v) is 5.17. The van der Waals surface area contributed by atoms with Crippen LogP contribution in [0.15, 0.2) is 27.5 Å². The zero-order valence-electron chi connectivity index (χ0n) is 8.02. The maximum atomic E-state index is 11.4. The molecule has 1 heterocycles. The van der Waals surface area contributed by atoms with Crippen LogP contribution in [0.4, 0.5) is 0 Å². The van der Waals surface area contributed by atoms with Crippen molar-refractivity contribution in [1.82, 2.24) is 4.98 Å².